The second kappa shape index (κ2) is 11.4. The number of rotatable bonds is 12. The molecule has 10 nitrogen and oxygen atoms in total. The molecular formula is C13H20N3O7S. The lowest BCUT2D eigenvalue weighted by molar-refractivity contribution is -0.141. The molecule has 11 heteroatoms. The molecule has 1 radical (unpaired) electrons. The average molecular weight is 362 g/mol. The number of carbonyl (C=O) groups excluding carboxylic acids is 3. The van der Waals surface area contributed by atoms with Crippen molar-refractivity contribution < 1.29 is 34.2 Å². The van der Waals surface area contributed by atoms with Crippen molar-refractivity contribution in [1.29, 1.82) is 0 Å². The zero-order chi connectivity index (χ0) is 18.7. The second-order valence-corrected chi connectivity index (χ2v) is 5.81. The Balaban J connectivity index is 4.88. The van der Waals surface area contributed by atoms with Crippen LogP contribution in [0.25, 0.3) is 0 Å². The number of hydrogen-bond acceptors (Lipinski definition) is 7. The third kappa shape index (κ3) is 9.10. The van der Waals surface area contributed by atoms with Gasteiger partial charge in [0.1, 0.15) is 12.1 Å². The molecule has 0 aliphatic carbocycles. The summed E-state index contributed by atoms with van der Waals surface area (Å²) in [6.07, 6.45) is 2.02. The maximum Gasteiger partial charge on any atom is 0.305 e. The summed E-state index contributed by atoms with van der Waals surface area (Å²) in [6.45, 7) is 0. The van der Waals surface area contributed by atoms with Crippen LogP contribution in [0.15, 0.2) is 0 Å². The zero-order valence-electron chi connectivity index (χ0n) is 13.0. The fourth-order valence-corrected chi connectivity index (χ4v) is 2.10. The van der Waals surface area contributed by atoms with E-state index >= 15 is 0 Å². The van der Waals surface area contributed by atoms with Crippen LogP contribution in [0.4, 0.5) is 0 Å². The number of hydrogen-bond donors (Lipinski definition) is 5. The van der Waals surface area contributed by atoms with Crippen molar-refractivity contribution in [3.8, 4) is 0 Å². The number of amides is 2. The van der Waals surface area contributed by atoms with Crippen molar-refractivity contribution in [2.75, 3.05) is 12.0 Å². The molecule has 0 saturated heterocycles. The van der Waals surface area contributed by atoms with Crippen LogP contribution in [0.5, 0.6) is 0 Å². The smallest absolute Gasteiger partial charge is 0.305 e. The van der Waals surface area contributed by atoms with Gasteiger partial charge in [-0.3, -0.25) is 24.0 Å². The number of carbonyl (C=O) groups is 4. The van der Waals surface area contributed by atoms with Crippen molar-refractivity contribution in [3.05, 3.63) is 0 Å². The Morgan fingerprint density at radius 3 is 2.12 bits per heavy atom. The molecule has 0 aromatic carbocycles. The van der Waals surface area contributed by atoms with Crippen molar-refractivity contribution in [2.24, 2.45) is 5.73 Å². The second-order valence-electron chi connectivity index (χ2n) is 4.82. The molecule has 3 atom stereocenters. The van der Waals surface area contributed by atoms with Gasteiger partial charge >= 0.3 is 11.9 Å². The van der Waals surface area contributed by atoms with Gasteiger partial charge in [0, 0.05) is 0 Å². The van der Waals surface area contributed by atoms with E-state index in [-0.39, 0.29) is 0 Å². The van der Waals surface area contributed by atoms with Gasteiger partial charge < -0.3 is 26.6 Å². The number of carboxylic acids is 2. The lowest BCUT2D eigenvalue weighted by atomic mass is 10.1. The molecule has 6 N–H and O–H groups in total. The number of carboxylic acid groups (broad SMARTS) is 2. The fourth-order valence-electron chi connectivity index (χ4n) is 1.61. The first-order valence-corrected chi connectivity index (χ1v) is 8.27. The summed E-state index contributed by atoms with van der Waals surface area (Å²) in [5, 5.41) is 21.6. The molecule has 0 aromatic rings. The summed E-state index contributed by atoms with van der Waals surface area (Å²) < 4.78 is 0. The van der Waals surface area contributed by atoms with Crippen LogP contribution in [0.2, 0.25) is 0 Å². The molecule has 24 heavy (non-hydrogen) atoms. The average Bonchev–Trinajstić information content (AvgIpc) is 2.49. The summed E-state index contributed by atoms with van der Waals surface area (Å²) in [5.41, 5.74) is 5.63. The molecule has 0 saturated carbocycles. The molecule has 0 fully saturated rings. The third-order valence-electron chi connectivity index (χ3n) is 2.82. The van der Waals surface area contributed by atoms with E-state index in [2.05, 4.69) is 5.32 Å². The number of nitrogens with two attached hydrogens (primary N) is 1. The molecule has 0 aliphatic heterocycles. The van der Waals surface area contributed by atoms with Gasteiger partial charge in [-0.15, -0.1) is 0 Å². The maximum atomic E-state index is 12.0. The maximum absolute atomic E-state index is 12.0. The summed E-state index contributed by atoms with van der Waals surface area (Å²) in [5.74, 6) is -3.82. The molecular weight excluding hydrogens is 342 g/mol. The van der Waals surface area contributed by atoms with E-state index < -0.39 is 54.7 Å². The van der Waals surface area contributed by atoms with Gasteiger partial charge in [0.05, 0.1) is 18.9 Å². The summed E-state index contributed by atoms with van der Waals surface area (Å²) >= 11 is 1.47. The predicted octanol–water partition coefficient (Wildman–Crippen LogP) is -1.90. The Morgan fingerprint density at radius 1 is 1.08 bits per heavy atom. The van der Waals surface area contributed by atoms with Gasteiger partial charge in [-0.1, -0.05) is 0 Å². The normalized spacial score (nSPS) is 14.1. The molecule has 0 aliphatic rings. The van der Waals surface area contributed by atoms with Crippen LogP contribution in [-0.4, -0.2) is 70.4 Å². The lowest BCUT2D eigenvalue weighted by Crippen LogP contribution is -2.54. The molecule has 0 unspecified atom stereocenters. The standard InChI is InChI=1S/C13H20N3O7S/c1-24-3-2-8(14)12(22)16-9(5-11(20)21)13(23)15-7(6-17)4-10(18)19/h7-9H,2-5,14H2,1H3,(H,15,23)(H,16,22)(H,18,19)(H,20,21)/t7-,8-,9-/m0/s1. The van der Waals surface area contributed by atoms with E-state index in [4.69, 9.17) is 15.9 Å². The summed E-state index contributed by atoms with van der Waals surface area (Å²) in [6, 6.07) is -3.86. The lowest BCUT2D eigenvalue weighted by Gasteiger charge is -2.20. The Morgan fingerprint density at radius 2 is 1.67 bits per heavy atom. The number of aliphatic carboxylic acids is 2. The van der Waals surface area contributed by atoms with E-state index in [1.165, 1.54) is 18.0 Å². The fraction of sp³-hybridized carbons (Fsp3) is 0.615. The molecule has 0 bridgehead atoms. The Bertz CT molecular complexity index is 486. The van der Waals surface area contributed by atoms with Crippen molar-refractivity contribution in [3.63, 3.8) is 0 Å². The number of nitrogens with one attached hydrogen (secondary N) is 2. The first kappa shape index (κ1) is 21.9. The Hall–Kier alpha value is -2.14. The van der Waals surface area contributed by atoms with Crippen LogP contribution in [0.3, 0.4) is 0 Å². The molecule has 2 amide bonds. The van der Waals surface area contributed by atoms with Crippen molar-refractivity contribution in [2.45, 2.75) is 37.4 Å². The SMILES string of the molecule is CSCC[C@H](N)C(=O)N[C@@H](CC(=O)O)C(=O)N[C@H]([C]=O)CC(=O)O. The van der Waals surface area contributed by atoms with Gasteiger partial charge in [-0.05, 0) is 18.4 Å². The van der Waals surface area contributed by atoms with Crippen molar-refractivity contribution in [1.82, 2.24) is 10.6 Å². The highest BCUT2D eigenvalue weighted by Gasteiger charge is 2.28. The van der Waals surface area contributed by atoms with Crippen LogP contribution in [0.1, 0.15) is 19.3 Å². The molecule has 0 spiro atoms. The van der Waals surface area contributed by atoms with Crippen LogP contribution >= 0.6 is 11.8 Å². The predicted molar refractivity (Wildman–Crippen MR) is 85.0 cm³/mol. The minimum absolute atomic E-state index is 0.332. The van der Waals surface area contributed by atoms with Crippen LogP contribution in [-0.2, 0) is 24.0 Å². The first-order valence-electron chi connectivity index (χ1n) is 6.87. The quantitative estimate of drug-likeness (QED) is 0.265. The zero-order valence-corrected chi connectivity index (χ0v) is 13.8. The molecule has 135 valence electrons. The summed E-state index contributed by atoms with van der Waals surface area (Å²) in [4.78, 5) is 55.9. The highest BCUT2D eigenvalue weighted by atomic mass is 32.2. The summed E-state index contributed by atoms with van der Waals surface area (Å²) in [7, 11) is 0. The highest BCUT2D eigenvalue weighted by Crippen LogP contribution is 2.01. The van der Waals surface area contributed by atoms with E-state index in [0.717, 1.165) is 0 Å². The molecule has 0 heterocycles. The molecule has 0 aromatic heterocycles. The van der Waals surface area contributed by atoms with Gasteiger partial charge in [-0.25, -0.2) is 0 Å². The largest absolute Gasteiger partial charge is 0.481 e. The Labute approximate surface area is 142 Å². The third-order valence-corrected chi connectivity index (χ3v) is 3.46. The number of thioether (sulfide) groups is 1. The van der Waals surface area contributed by atoms with Crippen LogP contribution < -0.4 is 16.4 Å². The Kier molecular flexibility index (Phi) is 10.4. The highest BCUT2D eigenvalue weighted by molar-refractivity contribution is 7.98. The van der Waals surface area contributed by atoms with E-state index in [0.29, 0.717) is 12.2 Å². The van der Waals surface area contributed by atoms with Gasteiger partial charge in [0.25, 0.3) is 0 Å². The van der Waals surface area contributed by atoms with Gasteiger partial charge in [0.15, 0.2) is 0 Å². The van der Waals surface area contributed by atoms with Gasteiger partial charge in [0.2, 0.25) is 18.1 Å². The topological polar surface area (TPSA) is 176 Å². The first-order chi connectivity index (χ1) is 11.2. The van der Waals surface area contributed by atoms with E-state index in [1.54, 1.807) is 0 Å². The minimum atomic E-state index is -1.49. The van der Waals surface area contributed by atoms with Crippen molar-refractivity contribution >= 4 is 41.8 Å². The molecule has 0 rings (SSSR count). The van der Waals surface area contributed by atoms with Gasteiger partial charge in [-0.2, -0.15) is 11.8 Å². The van der Waals surface area contributed by atoms with E-state index in [9.17, 15) is 24.0 Å². The van der Waals surface area contributed by atoms with E-state index in [1.807, 2.05) is 11.6 Å². The monoisotopic (exact) mass is 362 g/mol. The van der Waals surface area contributed by atoms with Crippen LogP contribution in [0, 0.1) is 0 Å². The minimum Gasteiger partial charge on any atom is -0.481 e.